The predicted molar refractivity (Wildman–Crippen MR) is 39.4 cm³/mol. The molecule has 0 fully saturated rings. The van der Waals surface area contributed by atoms with Crippen LogP contribution in [0.3, 0.4) is 0 Å². The van der Waals surface area contributed by atoms with Crippen molar-refractivity contribution in [2.45, 2.75) is 13.0 Å². The number of hydrogen-bond acceptors (Lipinski definition) is 4. The zero-order valence-corrected chi connectivity index (χ0v) is 6.43. The maximum atomic E-state index is 10.3. The number of aliphatic hydroxyl groups excluding tert-OH is 1. The van der Waals surface area contributed by atoms with E-state index in [2.05, 4.69) is 9.97 Å². The highest BCUT2D eigenvalue weighted by atomic mass is 16.4. The molecule has 2 N–H and O–H groups in total. The van der Waals surface area contributed by atoms with Crippen LogP contribution >= 0.6 is 0 Å². The van der Waals surface area contributed by atoms with Gasteiger partial charge in [0.15, 0.2) is 6.10 Å². The number of carboxylic acids is 1. The van der Waals surface area contributed by atoms with Crippen molar-refractivity contribution in [3.05, 3.63) is 23.8 Å². The fraction of sp³-hybridized carbons (Fsp3) is 0.286. The standard InChI is InChI=1S/C7H8N2O3/c1-4-5(2-8-3-9-4)6(10)7(11)12/h2-3,6,10H,1H3,(H,11,12). The third-order valence-corrected chi connectivity index (χ3v) is 1.48. The average molecular weight is 168 g/mol. The largest absolute Gasteiger partial charge is 0.479 e. The summed E-state index contributed by atoms with van der Waals surface area (Å²) in [7, 11) is 0. The number of nitrogens with zero attached hydrogens (tertiary/aromatic N) is 2. The Hall–Kier alpha value is -1.49. The van der Waals surface area contributed by atoms with Crippen molar-refractivity contribution in [1.82, 2.24) is 9.97 Å². The Labute approximate surface area is 68.7 Å². The second-order valence-electron chi connectivity index (χ2n) is 2.30. The molecule has 1 heterocycles. The molecular weight excluding hydrogens is 160 g/mol. The first-order valence-electron chi connectivity index (χ1n) is 3.30. The predicted octanol–water partition coefficient (Wildman–Crippen LogP) is -0.0970. The second-order valence-corrected chi connectivity index (χ2v) is 2.30. The van der Waals surface area contributed by atoms with E-state index in [4.69, 9.17) is 10.2 Å². The van der Waals surface area contributed by atoms with Crippen molar-refractivity contribution >= 4 is 5.97 Å². The van der Waals surface area contributed by atoms with Crippen LogP contribution in [-0.4, -0.2) is 26.2 Å². The number of aliphatic hydroxyl groups is 1. The summed E-state index contributed by atoms with van der Waals surface area (Å²) in [5.74, 6) is -1.30. The lowest BCUT2D eigenvalue weighted by molar-refractivity contribution is -0.147. The zero-order chi connectivity index (χ0) is 9.14. The molecule has 0 aromatic carbocycles. The molecule has 5 nitrogen and oxygen atoms in total. The van der Waals surface area contributed by atoms with Gasteiger partial charge in [-0.3, -0.25) is 0 Å². The number of carbonyl (C=O) groups is 1. The van der Waals surface area contributed by atoms with Crippen LogP contribution in [0.2, 0.25) is 0 Å². The van der Waals surface area contributed by atoms with E-state index in [1.54, 1.807) is 6.92 Å². The normalized spacial score (nSPS) is 12.5. The number of aromatic nitrogens is 2. The van der Waals surface area contributed by atoms with Crippen LogP contribution in [0.4, 0.5) is 0 Å². The van der Waals surface area contributed by atoms with E-state index in [0.717, 1.165) is 0 Å². The van der Waals surface area contributed by atoms with Crippen LogP contribution in [0.1, 0.15) is 17.4 Å². The van der Waals surface area contributed by atoms with Gasteiger partial charge in [0.2, 0.25) is 0 Å². The Bertz CT molecular complexity index is 300. The van der Waals surface area contributed by atoms with E-state index < -0.39 is 12.1 Å². The molecule has 0 amide bonds. The molecule has 0 saturated carbocycles. The Balaban J connectivity index is 3.02. The highest BCUT2D eigenvalue weighted by Gasteiger charge is 2.18. The topological polar surface area (TPSA) is 83.3 Å². The minimum absolute atomic E-state index is 0.227. The van der Waals surface area contributed by atoms with E-state index in [1.807, 2.05) is 0 Å². The fourth-order valence-corrected chi connectivity index (χ4v) is 0.803. The Kier molecular flexibility index (Phi) is 2.35. The number of hydrogen-bond donors (Lipinski definition) is 2. The lowest BCUT2D eigenvalue weighted by Crippen LogP contribution is -2.12. The Morgan fingerprint density at radius 2 is 2.33 bits per heavy atom. The van der Waals surface area contributed by atoms with Crippen molar-refractivity contribution in [3.63, 3.8) is 0 Å². The molecule has 5 heteroatoms. The molecule has 0 aliphatic carbocycles. The van der Waals surface area contributed by atoms with Crippen LogP contribution in [0.25, 0.3) is 0 Å². The first-order valence-corrected chi connectivity index (χ1v) is 3.30. The summed E-state index contributed by atoms with van der Waals surface area (Å²) in [6.45, 7) is 1.61. The summed E-state index contributed by atoms with van der Waals surface area (Å²) in [4.78, 5) is 17.7. The van der Waals surface area contributed by atoms with E-state index >= 15 is 0 Å². The SMILES string of the molecule is Cc1ncncc1C(O)C(=O)O. The number of aliphatic carboxylic acids is 1. The summed E-state index contributed by atoms with van der Waals surface area (Å²) in [5, 5.41) is 17.6. The van der Waals surface area contributed by atoms with E-state index in [9.17, 15) is 4.79 Å². The quantitative estimate of drug-likeness (QED) is 0.644. The minimum Gasteiger partial charge on any atom is -0.479 e. The molecule has 1 aromatic rings. The van der Waals surface area contributed by atoms with Gasteiger partial charge < -0.3 is 10.2 Å². The van der Waals surface area contributed by atoms with Gasteiger partial charge in [-0.1, -0.05) is 0 Å². The number of carboxylic acid groups (broad SMARTS) is 1. The van der Waals surface area contributed by atoms with E-state index in [1.165, 1.54) is 12.5 Å². The molecule has 64 valence electrons. The molecule has 0 bridgehead atoms. The first kappa shape index (κ1) is 8.61. The number of rotatable bonds is 2. The van der Waals surface area contributed by atoms with Gasteiger partial charge >= 0.3 is 5.97 Å². The second kappa shape index (κ2) is 3.27. The lowest BCUT2D eigenvalue weighted by atomic mass is 10.1. The summed E-state index contributed by atoms with van der Waals surface area (Å²) in [6, 6.07) is 0. The molecule has 0 saturated heterocycles. The minimum atomic E-state index is -1.54. The van der Waals surface area contributed by atoms with Crippen LogP contribution in [-0.2, 0) is 4.79 Å². The van der Waals surface area contributed by atoms with Gasteiger partial charge in [0.1, 0.15) is 6.33 Å². The van der Waals surface area contributed by atoms with Crippen LogP contribution in [0, 0.1) is 6.92 Å². The van der Waals surface area contributed by atoms with E-state index in [-0.39, 0.29) is 5.56 Å². The number of aryl methyl sites for hydroxylation is 1. The van der Waals surface area contributed by atoms with Gasteiger partial charge in [-0.25, -0.2) is 14.8 Å². The maximum Gasteiger partial charge on any atom is 0.337 e. The fourth-order valence-electron chi connectivity index (χ4n) is 0.803. The molecule has 0 aliphatic heterocycles. The maximum absolute atomic E-state index is 10.3. The lowest BCUT2D eigenvalue weighted by Gasteiger charge is -2.06. The molecular formula is C7H8N2O3. The van der Waals surface area contributed by atoms with Gasteiger partial charge in [-0.05, 0) is 6.92 Å². The first-order chi connectivity index (χ1) is 5.63. The highest BCUT2D eigenvalue weighted by molar-refractivity contribution is 5.74. The van der Waals surface area contributed by atoms with Crippen molar-refractivity contribution < 1.29 is 15.0 Å². The Morgan fingerprint density at radius 1 is 1.67 bits per heavy atom. The van der Waals surface area contributed by atoms with Crippen molar-refractivity contribution in [1.29, 1.82) is 0 Å². The smallest absolute Gasteiger partial charge is 0.337 e. The summed E-state index contributed by atoms with van der Waals surface area (Å²) in [5.41, 5.74) is 0.699. The van der Waals surface area contributed by atoms with Crippen molar-refractivity contribution in [3.8, 4) is 0 Å². The van der Waals surface area contributed by atoms with Crippen LogP contribution < -0.4 is 0 Å². The third-order valence-electron chi connectivity index (χ3n) is 1.48. The van der Waals surface area contributed by atoms with Gasteiger partial charge in [0.25, 0.3) is 0 Å². The van der Waals surface area contributed by atoms with Crippen molar-refractivity contribution in [2.24, 2.45) is 0 Å². The van der Waals surface area contributed by atoms with Crippen molar-refractivity contribution in [2.75, 3.05) is 0 Å². The third kappa shape index (κ3) is 1.57. The van der Waals surface area contributed by atoms with E-state index in [0.29, 0.717) is 5.69 Å². The van der Waals surface area contributed by atoms with Crippen LogP contribution in [0.5, 0.6) is 0 Å². The zero-order valence-electron chi connectivity index (χ0n) is 6.43. The van der Waals surface area contributed by atoms with Crippen LogP contribution in [0.15, 0.2) is 12.5 Å². The molecule has 1 rings (SSSR count). The van der Waals surface area contributed by atoms with Gasteiger partial charge in [-0.2, -0.15) is 0 Å². The highest BCUT2D eigenvalue weighted by Crippen LogP contribution is 2.13. The monoisotopic (exact) mass is 168 g/mol. The van der Waals surface area contributed by atoms with Gasteiger partial charge in [0.05, 0.1) is 0 Å². The average Bonchev–Trinajstić information content (AvgIpc) is 2.04. The molecule has 12 heavy (non-hydrogen) atoms. The Morgan fingerprint density at radius 3 is 2.83 bits per heavy atom. The molecule has 1 unspecified atom stereocenters. The van der Waals surface area contributed by atoms with Gasteiger partial charge in [-0.15, -0.1) is 0 Å². The molecule has 1 aromatic heterocycles. The summed E-state index contributed by atoms with van der Waals surface area (Å²) >= 11 is 0. The molecule has 0 aliphatic rings. The molecule has 0 spiro atoms. The molecule has 1 atom stereocenters. The van der Waals surface area contributed by atoms with Gasteiger partial charge in [0, 0.05) is 17.5 Å². The summed E-state index contributed by atoms with van der Waals surface area (Å²) in [6.07, 6.45) is 1.06. The summed E-state index contributed by atoms with van der Waals surface area (Å²) < 4.78 is 0. The molecule has 0 radical (unpaired) electrons.